The first-order valence-corrected chi connectivity index (χ1v) is 8.11. The molecule has 0 bridgehead atoms. The van der Waals surface area contributed by atoms with E-state index in [-0.39, 0.29) is 16.7 Å². The lowest BCUT2D eigenvalue weighted by Crippen LogP contribution is -2.12. The molecule has 0 saturated carbocycles. The summed E-state index contributed by atoms with van der Waals surface area (Å²) in [6.45, 7) is 1.70. The maximum absolute atomic E-state index is 12.6. The number of methoxy groups -OCH3 is 1. The molecule has 7 heteroatoms. The topological polar surface area (TPSA) is 94.4 Å². The third kappa shape index (κ3) is 2.69. The number of hydrogen-bond donors (Lipinski definition) is 1. The Morgan fingerprint density at radius 2 is 1.89 bits per heavy atom. The normalized spacial score (nSPS) is 11.9. The Balaban J connectivity index is 2.06. The number of benzene rings is 2. The summed E-state index contributed by atoms with van der Waals surface area (Å²) in [6.07, 6.45) is 1.45. The van der Waals surface area contributed by atoms with E-state index in [1.165, 1.54) is 19.4 Å². The highest BCUT2D eigenvalue weighted by atomic mass is 16.5. The van der Waals surface area contributed by atoms with Crippen molar-refractivity contribution in [1.29, 1.82) is 0 Å². The third-order valence-electron chi connectivity index (χ3n) is 4.15. The van der Waals surface area contributed by atoms with Crippen molar-refractivity contribution in [1.82, 2.24) is 0 Å². The van der Waals surface area contributed by atoms with Crippen LogP contribution in [0.3, 0.4) is 0 Å². The molecule has 0 atom stereocenters. The van der Waals surface area contributed by atoms with Crippen LogP contribution in [-0.4, -0.2) is 18.3 Å². The number of carbonyl (C=O) groups is 1. The van der Waals surface area contributed by atoms with E-state index in [0.717, 1.165) is 0 Å². The number of carbonyl (C=O) groups excluding carboxylic acids is 1. The zero-order valence-corrected chi connectivity index (χ0v) is 14.6. The van der Waals surface area contributed by atoms with Crippen LogP contribution in [0.25, 0.3) is 21.9 Å². The SMILES string of the molecule is COc1c2occc2c(OC(=O)c2ccccc2)c2c(=NO)cc(C)oc12. The van der Waals surface area contributed by atoms with E-state index in [4.69, 9.17) is 18.3 Å². The minimum Gasteiger partial charge on any atom is -0.490 e. The fourth-order valence-corrected chi connectivity index (χ4v) is 3.00. The van der Waals surface area contributed by atoms with E-state index in [0.29, 0.717) is 33.4 Å². The number of nitrogens with zero attached hydrogens (tertiary/aromatic N) is 1. The quantitative estimate of drug-likeness (QED) is 0.255. The largest absolute Gasteiger partial charge is 0.490 e. The van der Waals surface area contributed by atoms with Crippen LogP contribution in [0.5, 0.6) is 11.5 Å². The van der Waals surface area contributed by atoms with Crippen molar-refractivity contribution >= 4 is 27.9 Å². The van der Waals surface area contributed by atoms with Crippen molar-refractivity contribution in [2.24, 2.45) is 5.16 Å². The lowest BCUT2D eigenvalue weighted by molar-refractivity contribution is 0.0739. The first-order valence-electron chi connectivity index (χ1n) is 8.11. The van der Waals surface area contributed by atoms with Crippen LogP contribution in [0.1, 0.15) is 16.1 Å². The van der Waals surface area contributed by atoms with Crippen molar-refractivity contribution in [2.45, 2.75) is 6.92 Å². The van der Waals surface area contributed by atoms with E-state index < -0.39 is 5.97 Å². The number of esters is 1. The molecular weight excluding hydrogens is 350 g/mol. The zero-order chi connectivity index (χ0) is 19.0. The van der Waals surface area contributed by atoms with Gasteiger partial charge in [0.15, 0.2) is 16.9 Å². The molecule has 0 aliphatic heterocycles. The lowest BCUT2D eigenvalue weighted by atomic mass is 10.1. The summed E-state index contributed by atoms with van der Waals surface area (Å²) >= 11 is 0. The molecule has 1 N–H and O–H groups in total. The molecule has 4 aromatic rings. The molecule has 0 spiro atoms. The van der Waals surface area contributed by atoms with Gasteiger partial charge in [-0.25, -0.2) is 4.79 Å². The van der Waals surface area contributed by atoms with Gasteiger partial charge >= 0.3 is 5.97 Å². The molecule has 4 rings (SSSR count). The summed E-state index contributed by atoms with van der Waals surface area (Å²) in [5, 5.41) is 13.8. The molecule has 0 amide bonds. The summed E-state index contributed by atoms with van der Waals surface area (Å²) in [6, 6.07) is 11.8. The van der Waals surface area contributed by atoms with E-state index in [1.807, 2.05) is 0 Å². The smallest absolute Gasteiger partial charge is 0.343 e. The Labute approximate surface area is 153 Å². The Bertz CT molecular complexity index is 1220. The predicted octanol–water partition coefficient (Wildman–Crippen LogP) is 4.01. The summed E-state index contributed by atoms with van der Waals surface area (Å²) < 4.78 is 22.4. The third-order valence-corrected chi connectivity index (χ3v) is 4.15. The molecule has 136 valence electrons. The molecule has 0 unspecified atom stereocenters. The average Bonchev–Trinajstić information content (AvgIpc) is 3.17. The second-order valence-electron chi connectivity index (χ2n) is 5.83. The van der Waals surface area contributed by atoms with E-state index in [1.54, 1.807) is 43.3 Å². The second kappa shape index (κ2) is 6.53. The van der Waals surface area contributed by atoms with Gasteiger partial charge in [-0.05, 0) is 25.1 Å². The molecule has 0 fully saturated rings. The minimum absolute atomic E-state index is 0.167. The molecule has 2 aromatic carbocycles. The molecule has 2 heterocycles. The average molecular weight is 365 g/mol. The van der Waals surface area contributed by atoms with Crippen LogP contribution in [-0.2, 0) is 0 Å². The first-order chi connectivity index (χ1) is 13.1. The molecule has 27 heavy (non-hydrogen) atoms. The number of furan rings is 1. The van der Waals surface area contributed by atoms with Crippen LogP contribution in [0.2, 0.25) is 0 Å². The van der Waals surface area contributed by atoms with Crippen molar-refractivity contribution < 1.29 is 28.3 Å². The van der Waals surface area contributed by atoms with Crippen LogP contribution in [0.15, 0.2) is 62.7 Å². The van der Waals surface area contributed by atoms with Crippen LogP contribution >= 0.6 is 0 Å². The second-order valence-corrected chi connectivity index (χ2v) is 5.83. The van der Waals surface area contributed by atoms with Gasteiger partial charge in [-0.15, -0.1) is 0 Å². The minimum atomic E-state index is -0.561. The summed E-state index contributed by atoms with van der Waals surface area (Å²) in [5.74, 6) is 0.409. The number of ether oxygens (including phenoxy) is 2. The van der Waals surface area contributed by atoms with Crippen molar-refractivity contribution in [3.05, 3.63) is 65.4 Å². The Hall–Kier alpha value is -3.74. The van der Waals surface area contributed by atoms with E-state index >= 15 is 0 Å². The fourth-order valence-electron chi connectivity index (χ4n) is 3.00. The fraction of sp³-hybridized carbons (Fsp3) is 0.100. The molecule has 0 aliphatic carbocycles. The van der Waals surface area contributed by atoms with Gasteiger partial charge in [-0.3, -0.25) is 0 Å². The van der Waals surface area contributed by atoms with E-state index in [2.05, 4.69) is 5.16 Å². The zero-order valence-electron chi connectivity index (χ0n) is 14.6. The number of rotatable bonds is 3. The van der Waals surface area contributed by atoms with Gasteiger partial charge in [0, 0.05) is 6.07 Å². The highest BCUT2D eigenvalue weighted by molar-refractivity contribution is 6.08. The molecule has 0 aliphatic rings. The molecule has 2 aromatic heterocycles. The van der Waals surface area contributed by atoms with Gasteiger partial charge < -0.3 is 23.5 Å². The van der Waals surface area contributed by atoms with Gasteiger partial charge in [0.25, 0.3) is 0 Å². The number of fused-ring (bicyclic) bond motifs is 2. The molecular formula is C20H15NO6. The maximum Gasteiger partial charge on any atom is 0.343 e. The maximum atomic E-state index is 12.6. The summed E-state index contributed by atoms with van der Waals surface area (Å²) in [5.41, 5.74) is 0.993. The first kappa shape index (κ1) is 16.7. The van der Waals surface area contributed by atoms with Gasteiger partial charge in [-0.1, -0.05) is 23.4 Å². The molecule has 7 nitrogen and oxygen atoms in total. The van der Waals surface area contributed by atoms with Crippen LogP contribution < -0.4 is 14.8 Å². The van der Waals surface area contributed by atoms with Gasteiger partial charge in [-0.2, -0.15) is 0 Å². The lowest BCUT2D eigenvalue weighted by Gasteiger charge is -2.12. The van der Waals surface area contributed by atoms with Crippen LogP contribution in [0, 0.1) is 6.92 Å². The highest BCUT2D eigenvalue weighted by Gasteiger charge is 2.24. The Morgan fingerprint density at radius 1 is 1.11 bits per heavy atom. The molecule has 0 radical (unpaired) electrons. The monoisotopic (exact) mass is 365 g/mol. The highest BCUT2D eigenvalue weighted by Crippen LogP contribution is 2.42. The summed E-state index contributed by atoms with van der Waals surface area (Å²) in [4.78, 5) is 12.6. The van der Waals surface area contributed by atoms with Crippen molar-refractivity contribution in [3.8, 4) is 11.5 Å². The standard InChI is InChI=1S/C20H15NO6/c1-11-10-14(21-23)15-16(27-20(22)12-6-4-3-5-7-12)13-8-9-25-17(13)19(24-2)18(15)26-11/h3-10,23H,1-2H3. The Morgan fingerprint density at radius 3 is 2.59 bits per heavy atom. The summed E-state index contributed by atoms with van der Waals surface area (Å²) in [7, 11) is 1.47. The van der Waals surface area contributed by atoms with E-state index in [9.17, 15) is 10.0 Å². The molecule has 0 saturated heterocycles. The van der Waals surface area contributed by atoms with Gasteiger partial charge in [0.2, 0.25) is 5.75 Å². The van der Waals surface area contributed by atoms with Crippen molar-refractivity contribution in [2.75, 3.05) is 7.11 Å². The van der Waals surface area contributed by atoms with Crippen molar-refractivity contribution in [3.63, 3.8) is 0 Å². The van der Waals surface area contributed by atoms with Crippen LogP contribution in [0.4, 0.5) is 0 Å². The predicted molar refractivity (Wildman–Crippen MR) is 96.0 cm³/mol. The number of aryl methyl sites for hydroxylation is 1. The van der Waals surface area contributed by atoms with Gasteiger partial charge in [0.05, 0.1) is 29.7 Å². The van der Waals surface area contributed by atoms with Gasteiger partial charge in [0.1, 0.15) is 11.1 Å². The number of hydrogen-bond acceptors (Lipinski definition) is 7. The Kier molecular flexibility index (Phi) is 4.04.